The molecule has 2 nitrogen and oxygen atoms in total. The Kier molecular flexibility index (Phi) is 5.64. The van der Waals surface area contributed by atoms with Crippen molar-refractivity contribution in [1.29, 1.82) is 0 Å². The van der Waals surface area contributed by atoms with E-state index in [1.54, 1.807) is 0 Å². The Balaban J connectivity index is 0.00000210. The van der Waals surface area contributed by atoms with E-state index in [-0.39, 0.29) is 25.5 Å². The zero-order chi connectivity index (χ0) is 18.1. The molecular formula is C24H23IrN2-. The Labute approximate surface area is 174 Å². The zero-order valence-electron chi connectivity index (χ0n) is 15.9. The molecule has 4 aromatic rings. The van der Waals surface area contributed by atoms with E-state index in [0.29, 0.717) is 0 Å². The minimum atomic E-state index is -0.264. The van der Waals surface area contributed by atoms with Gasteiger partial charge in [0.2, 0.25) is 0 Å². The van der Waals surface area contributed by atoms with Crippen LogP contribution in [0.5, 0.6) is 0 Å². The number of benzene rings is 2. The fraction of sp³-hybridized carbons (Fsp3) is 0.208. The van der Waals surface area contributed by atoms with E-state index in [1.807, 2.05) is 0 Å². The minimum absolute atomic E-state index is 0. The number of rotatable bonds is 4. The van der Waals surface area contributed by atoms with E-state index in [0.717, 1.165) is 34.6 Å². The van der Waals surface area contributed by atoms with Crippen molar-refractivity contribution in [3.8, 4) is 5.69 Å². The van der Waals surface area contributed by atoms with Crippen molar-refractivity contribution < 1.29 is 20.1 Å². The summed E-state index contributed by atoms with van der Waals surface area (Å²) in [5.41, 5.74) is 5.39. The molecule has 0 bridgehead atoms. The third kappa shape index (κ3) is 3.50. The summed E-state index contributed by atoms with van der Waals surface area (Å²) in [5, 5.41) is 1.13. The van der Waals surface area contributed by atoms with E-state index in [2.05, 4.69) is 104 Å². The van der Waals surface area contributed by atoms with Crippen molar-refractivity contribution in [3.63, 3.8) is 0 Å². The summed E-state index contributed by atoms with van der Waals surface area (Å²) < 4.78 is 2.32. The minimum Gasteiger partial charge on any atom is -0.378 e. The number of hydrogen-bond acceptors (Lipinski definition) is 1. The van der Waals surface area contributed by atoms with Gasteiger partial charge in [-0.2, -0.15) is 17.5 Å². The maximum Gasteiger partial charge on any atom is 0.0510 e. The van der Waals surface area contributed by atoms with Gasteiger partial charge in [-0.05, 0) is 50.2 Å². The van der Waals surface area contributed by atoms with Crippen LogP contribution < -0.4 is 0 Å². The summed E-state index contributed by atoms with van der Waals surface area (Å²) in [7, 11) is 0. The van der Waals surface area contributed by atoms with Crippen molar-refractivity contribution in [2.45, 2.75) is 32.6 Å². The van der Waals surface area contributed by atoms with Crippen molar-refractivity contribution in [3.05, 3.63) is 95.9 Å². The molecule has 0 saturated carbocycles. The quantitative estimate of drug-likeness (QED) is 0.309. The van der Waals surface area contributed by atoms with Crippen LogP contribution >= 0.6 is 0 Å². The van der Waals surface area contributed by atoms with Gasteiger partial charge in [0.05, 0.1) is 5.69 Å². The summed E-state index contributed by atoms with van der Waals surface area (Å²) >= 11 is 0. The van der Waals surface area contributed by atoms with Crippen LogP contribution in [-0.2, 0) is 31.9 Å². The van der Waals surface area contributed by atoms with E-state index in [1.165, 1.54) is 5.52 Å². The number of aromatic nitrogens is 2. The molecule has 0 aliphatic carbocycles. The van der Waals surface area contributed by atoms with Crippen molar-refractivity contribution in [2.24, 2.45) is 0 Å². The first kappa shape index (κ1) is 19.5. The molecule has 0 atom stereocenters. The van der Waals surface area contributed by atoms with E-state index < -0.39 is 0 Å². The number of para-hydroxylation sites is 2. The second-order valence-corrected chi connectivity index (χ2v) is 7.15. The van der Waals surface area contributed by atoms with Gasteiger partial charge in [-0.3, -0.25) is 4.98 Å². The number of pyridine rings is 1. The van der Waals surface area contributed by atoms with Gasteiger partial charge >= 0.3 is 0 Å². The fourth-order valence-corrected chi connectivity index (χ4v) is 3.51. The molecule has 0 unspecified atom stereocenters. The van der Waals surface area contributed by atoms with Crippen LogP contribution in [0.15, 0.2) is 72.8 Å². The molecule has 0 aliphatic heterocycles. The molecule has 2 aromatic carbocycles. The van der Waals surface area contributed by atoms with Crippen molar-refractivity contribution >= 4 is 10.9 Å². The maximum atomic E-state index is 4.91. The molecule has 27 heavy (non-hydrogen) atoms. The average Bonchev–Trinajstić information content (AvgIpc) is 3.09. The molecular weight excluding hydrogens is 508 g/mol. The Morgan fingerprint density at radius 2 is 1.59 bits per heavy atom. The Bertz CT molecular complexity index is 1050. The van der Waals surface area contributed by atoms with Gasteiger partial charge in [0, 0.05) is 36.9 Å². The Morgan fingerprint density at radius 3 is 2.33 bits per heavy atom. The first-order valence-corrected chi connectivity index (χ1v) is 9.16. The van der Waals surface area contributed by atoms with E-state index in [9.17, 15) is 0 Å². The monoisotopic (exact) mass is 532 g/mol. The van der Waals surface area contributed by atoms with Crippen LogP contribution in [0.1, 0.15) is 37.9 Å². The standard InChI is InChI=1S/C24H23N2.Ir/c1-4-19-12-10-16-22(25-19)24(2,3)23-17-18-11-8-9-15-21(18)26(23)20-13-6-5-7-14-20;/h5-16H,4H2,1-3H3;/q-1;. The molecule has 2 aromatic heterocycles. The molecule has 3 heteroatoms. The van der Waals surface area contributed by atoms with Gasteiger partial charge < -0.3 is 4.57 Å². The third-order valence-corrected chi connectivity index (χ3v) is 5.04. The maximum absolute atomic E-state index is 4.91. The van der Waals surface area contributed by atoms with Gasteiger partial charge in [0.1, 0.15) is 0 Å². The summed E-state index contributed by atoms with van der Waals surface area (Å²) in [4.78, 5) is 4.91. The number of nitrogens with zero attached hydrogens (tertiary/aromatic N) is 2. The number of fused-ring (bicyclic) bond motifs is 1. The summed E-state index contributed by atoms with van der Waals surface area (Å²) in [5.74, 6) is 0. The largest absolute Gasteiger partial charge is 0.378 e. The molecule has 2 heterocycles. The Morgan fingerprint density at radius 1 is 0.889 bits per heavy atom. The van der Waals surface area contributed by atoms with Crippen LogP contribution in [0.4, 0.5) is 0 Å². The third-order valence-electron chi connectivity index (χ3n) is 5.04. The molecule has 0 saturated heterocycles. The smallest absolute Gasteiger partial charge is 0.0510 e. The molecule has 0 amide bonds. The van der Waals surface area contributed by atoms with Gasteiger partial charge in [0.25, 0.3) is 0 Å². The second kappa shape index (κ2) is 7.80. The average molecular weight is 532 g/mol. The number of aryl methyl sites for hydroxylation is 1. The van der Waals surface area contributed by atoms with Crippen LogP contribution in [0, 0.1) is 6.07 Å². The van der Waals surface area contributed by atoms with Crippen molar-refractivity contribution in [2.75, 3.05) is 0 Å². The SMILES string of the molecule is CCc1cccc(C(C)(C)c2[c-]c3ccccc3n2-c2ccccc2)n1.[Ir]. The molecule has 0 fully saturated rings. The molecule has 4 rings (SSSR count). The van der Waals surface area contributed by atoms with E-state index in [4.69, 9.17) is 4.98 Å². The fourth-order valence-electron chi connectivity index (χ4n) is 3.51. The topological polar surface area (TPSA) is 17.8 Å². The van der Waals surface area contributed by atoms with Crippen LogP contribution in [0.25, 0.3) is 16.6 Å². The van der Waals surface area contributed by atoms with Gasteiger partial charge in [-0.15, -0.1) is 6.07 Å². The molecule has 139 valence electrons. The van der Waals surface area contributed by atoms with Gasteiger partial charge in [0.15, 0.2) is 0 Å². The van der Waals surface area contributed by atoms with Gasteiger partial charge in [-0.1, -0.05) is 48.8 Å². The summed E-state index contributed by atoms with van der Waals surface area (Å²) in [6.07, 6.45) is 0.940. The summed E-state index contributed by atoms with van der Waals surface area (Å²) in [6, 6.07) is 28.9. The van der Waals surface area contributed by atoms with Crippen LogP contribution in [0.2, 0.25) is 0 Å². The molecule has 0 aliphatic rings. The first-order chi connectivity index (χ1) is 12.6. The second-order valence-electron chi connectivity index (χ2n) is 7.15. The zero-order valence-corrected chi connectivity index (χ0v) is 18.3. The Hall–Kier alpha value is -2.22. The van der Waals surface area contributed by atoms with Crippen LogP contribution in [-0.4, -0.2) is 9.55 Å². The predicted molar refractivity (Wildman–Crippen MR) is 108 cm³/mol. The van der Waals surface area contributed by atoms with Crippen molar-refractivity contribution in [1.82, 2.24) is 9.55 Å². The molecule has 0 N–H and O–H groups in total. The molecule has 1 radical (unpaired) electrons. The van der Waals surface area contributed by atoms with Crippen LogP contribution in [0.3, 0.4) is 0 Å². The number of hydrogen-bond donors (Lipinski definition) is 0. The predicted octanol–water partition coefficient (Wildman–Crippen LogP) is 5.71. The van der Waals surface area contributed by atoms with Gasteiger partial charge in [-0.25, -0.2) is 0 Å². The first-order valence-electron chi connectivity index (χ1n) is 9.16. The molecule has 0 spiro atoms. The summed E-state index contributed by atoms with van der Waals surface area (Å²) in [6.45, 7) is 6.62. The normalized spacial score (nSPS) is 11.4. The van der Waals surface area contributed by atoms with E-state index >= 15 is 0 Å².